The zero-order chi connectivity index (χ0) is 14.1. The average Bonchev–Trinajstić information content (AvgIpc) is 3.04. The Morgan fingerprint density at radius 1 is 1.50 bits per heavy atom. The van der Waals surface area contributed by atoms with Gasteiger partial charge in [0.05, 0.1) is 17.8 Å². The third-order valence-electron chi connectivity index (χ3n) is 3.70. The predicted octanol–water partition coefficient (Wildman–Crippen LogP) is 3.65. The Kier molecular flexibility index (Phi) is 4.10. The Bertz CT molecular complexity index is 626. The summed E-state index contributed by atoms with van der Waals surface area (Å²) in [5.74, 6) is 1.08. The maximum Gasteiger partial charge on any atom is 0.125 e. The van der Waals surface area contributed by atoms with Gasteiger partial charge < -0.3 is 10.1 Å². The van der Waals surface area contributed by atoms with Crippen LogP contribution in [0.4, 0.5) is 0 Å². The van der Waals surface area contributed by atoms with Crippen LogP contribution < -0.4 is 10.1 Å². The quantitative estimate of drug-likeness (QED) is 0.911. The SMILES string of the molecule is CNC(Cc1cc(Br)cc2c1OCC2)c1scnc1C. The second-order valence-corrected chi connectivity index (χ2v) is 6.80. The standard InChI is InChI=1S/C15H17BrN2OS/c1-9-15(20-8-18-9)13(17-2)7-11-6-12(16)5-10-3-4-19-14(10)11/h5-6,8,13,17H,3-4,7H2,1-2H3. The molecule has 20 heavy (non-hydrogen) atoms. The van der Waals surface area contributed by atoms with Crippen LogP contribution in [0.3, 0.4) is 0 Å². The number of fused-ring (bicyclic) bond motifs is 1. The van der Waals surface area contributed by atoms with Gasteiger partial charge in [-0.05, 0) is 43.7 Å². The van der Waals surface area contributed by atoms with E-state index in [1.165, 1.54) is 16.0 Å². The van der Waals surface area contributed by atoms with Crippen LogP contribution in [0.1, 0.15) is 27.7 Å². The van der Waals surface area contributed by atoms with Crippen LogP contribution in [0, 0.1) is 6.92 Å². The van der Waals surface area contributed by atoms with Gasteiger partial charge in [-0.3, -0.25) is 0 Å². The first-order valence-corrected chi connectivity index (χ1v) is 8.37. The summed E-state index contributed by atoms with van der Waals surface area (Å²) in [6.07, 6.45) is 1.92. The van der Waals surface area contributed by atoms with Gasteiger partial charge in [-0.2, -0.15) is 0 Å². The molecule has 1 unspecified atom stereocenters. The van der Waals surface area contributed by atoms with E-state index in [9.17, 15) is 0 Å². The smallest absolute Gasteiger partial charge is 0.125 e. The Labute approximate surface area is 131 Å². The number of nitrogens with one attached hydrogen (secondary N) is 1. The highest BCUT2D eigenvalue weighted by molar-refractivity contribution is 9.10. The van der Waals surface area contributed by atoms with Crippen LogP contribution in [0.25, 0.3) is 0 Å². The fraction of sp³-hybridized carbons (Fsp3) is 0.400. The van der Waals surface area contributed by atoms with Crippen molar-refractivity contribution in [2.75, 3.05) is 13.7 Å². The Balaban J connectivity index is 1.92. The summed E-state index contributed by atoms with van der Waals surface area (Å²) in [5.41, 5.74) is 5.60. The molecular formula is C15H17BrN2OS. The maximum absolute atomic E-state index is 5.82. The zero-order valence-corrected chi connectivity index (χ0v) is 14.0. The molecule has 1 aromatic heterocycles. The first kappa shape index (κ1) is 14.0. The number of hydrogen-bond acceptors (Lipinski definition) is 4. The monoisotopic (exact) mass is 352 g/mol. The van der Waals surface area contributed by atoms with Crippen molar-refractivity contribution in [2.24, 2.45) is 0 Å². The van der Waals surface area contributed by atoms with Gasteiger partial charge in [-0.25, -0.2) is 4.98 Å². The topological polar surface area (TPSA) is 34.1 Å². The summed E-state index contributed by atoms with van der Waals surface area (Å²) < 4.78 is 6.95. The molecule has 0 radical (unpaired) electrons. The fourth-order valence-corrected chi connectivity index (χ4v) is 4.15. The van der Waals surface area contributed by atoms with Crippen LogP contribution in [0.15, 0.2) is 22.1 Å². The molecule has 1 N–H and O–H groups in total. The second kappa shape index (κ2) is 5.84. The maximum atomic E-state index is 5.82. The molecule has 3 nitrogen and oxygen atoms in total. The lowest BCUT2D eigenvalue weighted by atomic mass is 10.0. The van der Waals surface area contributed by atoms with Crippen LogP contribution in [-0.4, -0.2) is 18.6 Å². The van der Waals surface area contributed by atoms with Crippen LogP contribution in [0.2, 0.25) is 0 Å². The zero-order valence-electron chi connectivity index (χ0n) is 11.6. The molecule has 0 saturated heterocycles. The third-order valence-corrected chi connectivity index (χ3v) is 5.20. The van der Waals surface area contributed by atoms with Crippen molar-refractivity contribution in [3.63, 3.8) is 0 Å². The molecule has 0 amide bonds. The number of likely N-dealkylation sites (N-methyl/N-ethyl adjacent to an activating group) is 1. The molecule has 0 bridgehead atoms. The Hall–Kier alpha value is -0.910. The second-order valence-electron chi connectivity index (χ2n) is 5.00. The highest BCUT2D eigenvalue weighted by Crippen LogP contribution is 2.36. The summed E-state index contributed by atoms with van der Waals surface area (Å²) in [5, 5.41) is 3.40. The molecule has 1 aromatic carbocycles. The summed E-state index contributed by atoms with van der Waals surface area (Å²) >= 11 is 5.32. The van der Waals surface area contributed by atoms with Gasteiger partial charge >= 0.3 is 0 Å². The van der Waals surface area contributed by atoms with Gasteiger partial charge in [-0.15, -0.1) is 11.3 Å². The lowest BCUT2D eigenvalue weighted by Crippen LogP contribution is -2.19. The fourth-order valence-electron chi connectivity index (χ4n) is 2.69. The molecule has 0 spiro atoms. The predicted molar refractivity (Wildman–Crippen MR) is 85.7 cm³/mol. The highest BCUT2D eigenvalue weighted by atomic mass is 79.9. The lowest BCUT2D eigenvalue weighted by Gasteiger charge is -2.17. The van der Waals surface area contributed by atoms with Crippen molar-refractivity contribution in [1.29, 1.82) is 0 Å². The minimum absolute atomic E-state index is 0.282. The highest BCUT2D eigenvalue weighted by Gasteiger charge is 2.22. The number of nitrogens with zero attached hydrogens (tertiary/aromatic N) is 1. The molecule has 5 heteroatoms. The minimum Gasteiger partial charge on any atom is -0.493 e. The number of thiazole rings is 1. The van der Waals surface area contributed by atoms with E-state index in [0.29, 0.717) is 0 Å². The Morgan fingerprint density at radius 3 is 3.05 bits per heavy atom. The van der Waals surface area contributed by atoms with Crippen LogP contribution in [-0.2, 0) is 12.8 Å². The number of aryl methyl sites for hydroxylation is 1. The molecule has 1 atom stereocenters. The van der Waals surface area contributed by atoms with Crippen LogP contribution >= 0.6 is 27.3 Å². The number of aromatic nitrogens is 1. The molecule has 106 valence electrons. The van der Waals surface area contributed by atoms with E-state index in [2.05, 4.69) is 45.3 Å². The molecule has 2 heterocycles. The molecule has 0 saturated carbocycles. The summed E-state index contributed by atoms with van der Waals surface area (Å²) in [6.45, 7) is 2.86. The van der Waals surface area contributed by atoms with E-state index in [-0.39, 0.29) is 6.04 Å². The molecule has 2 aromatic rings. The molecule has 1 aliphatic heterocycles. The molecular weight excluding hydrogens is 336 g/mol. The number of hydrogen-bond donors (Lipinski definition) is 1. The minimum atomic E-state index is 0.282. The average molecular weight is 353 g/mol. The van der Waals surface area contributed by atoms with E-state index in [1.54, 1.807) is 11.3 Å². The largest absolute Gasteiger partial charge is 0.493 e. The summed E-state index contributed by atoms with van der Waals surface area (Å²) in [7, 11) is 2.00. The lowest BCUT2D eigenvalue weighted by molar-refractivity contribution is 0.352. The molecule has 3 rings (SSSR count). The van der Waals surface area contributed by atoms with Gasteiger partial charge in [-0.1, -0.05) is 15.9 Å². The number of rotatable bonds is 4. The van der Waals surface area contributed by atoms with Crippen molar-refractivity contribution >= 4 is 27.3 Å². The summed E-state index contributed by atoms with van der Waals surface area (Å²) in [4.78, 5) is 5.66. The number of ether oxygens (including phenoxy) is 1. The molecule has 1 aliphatic rings. The first-order valence-electron chi connectivity index (χ1n) is 6.70. The Morgan fingerprint density at radius 2 is 2.35 bits per heavy atom. The van der Waals surface area contributed by atoms with Gasteiger partial charge in [0, 0.05) is 21.8 Å². The van der Waals surface area contributed by atoms with Crippen LogP contribution in [0.5, 0.6) is 5.75 Å². The van der Waals surface area contributed by atoms with Gasteiger partial charge in [0.1, 0.15) is 5.75 Å². The third kappa shape index (κ3) is 2.62. The van der Waals surface area contributed by atoms with Gasteiger partial charge in [0.25, 0.3) is 0 Å². The first-order chi connectivity index (χ1) is 9.69. The normalized spacial score (nSPS) is 14.9. The van der Waals surface area contributed by atoms with E-state index < -0.39 is 0 Å². The van der Waals surface area contributed by atoms with Crippen molar-refractivity contribution in [3.8, 4) is 5.75 Å². The van der Waals surface area contributed by atoms with Gasteiger partial charge in [0.15, 0.2) is 0 Å². The molecule has 0 aliphatic carbocycles. The van der Waals surface area contributed by atoms with E-state index in [1.807, 2.05) is 12.6 Å². The van der Waals surface area contributed by atoms with E-state index in [4.69, 9.17) is 4.74 Å². The van der Waals surface area contributed by atoms with E-state index in [0.717, 1.165) is 35.4 Å². The number of benzene rings is 1. The van der Waals surface area contributed by atoms with Crippen molar-refractivity contribution in [3.05, 3.63) is 43.8 Å². The summed E-state index contributed by atoms with van der Waals surface area (Å²) in [6, 6.07) is 4.62. The van der Waals surface area contributed by atoms with Crippen molar-refractivity contribution < 1.29 is 4.74 Å². The molecule has 0 fully saturated rings. The van der Waals surface area contributed by atoms with Crippen molar-refractivity contribution in [1.82, 2.24) is 10.3 Å². The van der Waals surface area contributed by atoms with Crippen molar-refractivity contribution in [2.45, 2.75) is 25.8 Å². The number of halogens is 1. The van der Waals surface area contributed by atoms with E-state index >= 15 is 0 Å². The van der Waals surface area contributed by atoms with Gasteiger partial charge in [0.2, 0.25) is 0 Å².